The van der Waals surface area contributed by atoms with Gasteiger partial charge in [0.15, 0.2) is 5.79 Å². The van der Waals surface area contributed by atoms with Crippen molar-refractivity contribution in [2.45, 2.75) is 51.7 Å². The Kier molecular flexibility index (Phi) is 4.65. The van der Waals surface area contributed by atoms with E-state index in [0.717, 1.165) is 25.9 Å². The first-order valence-electron chi connectivity index (χ1n) is 8.81. The maximum absolute atomic E-state index is 12.9. The van der Waals surface area contributed by atoms with Gasteiger partial charge in [0.05, 0.1) is 13.2 Å². The first kappa shape index (κ1) is 16.7. The van der Waals surface area contributed by atoms with Crippen molar-refractivity contribution in [2.24, 2.45) is 5.41 Å². The van der Waals surface area contributed by atoms with E-state index in [1.165, 1.54) is 6.42 Å². The van der Waals surface area contributed by atoms with Crippen molar-refractivity contribution < 1.29 is 19.1 Å². The number of ether oxygens (including phenoxy) is 2. The largest absolute Gasteiger partial charge is 0.347 e. The third-order valence-electron chi connectivity index (χ3n) is 5.34. The van der Waals surface area contributed by atoms with Crippen LogP contribution in [0.1, 0.15) is 46.0 Å². The maximum atomic E-state index is 12.9. The minimum absolute atomic E-state index is 0.0316. The molecule has 6 nitrogen and oxygen atoms in total. The van der Waals surface area contributed by atoms with E-state index < -0.39 is 11.2 Å². The van der Waals surface area contributed by atoms with Gasteiger partial charge in [-0.1, -0.05) is 0 Å². The molecule has 3 heterocycles. The van der Waals surface area contributed by atoms with E-state index >= 15 is 0 Å². The lowest BCUT2D eigenvalue weighted by Crippen LogP contribution is -2.55. The number of nitrogens with zero attached hydrogens (tertiary/aromatic N) is 2. The minimum atomic E-state index is -0.987. The van der Waals surface area contributed by atoms with Crippen molar-refractivity contribution in [1.82, 2.24) is 9.80 Å². The molecule has 3 aliphatic rings. The highest BCUT2D eigenvalue weighted by atomic mass is 16.7. The SMILES string of the molecule is CC(C)(C(=O)N1CCCCC1)C(=O)N1CCC2(CC1)OCCO2. The van der Waals surface area contributed by atoms with E-state index in [9.17, 15) is 9.59 Å². The summed E-state index contributed by atoms with van der Waals surface area (Å²) >= 11 is 0. The number of piperidine rings is 2. The van der Waals surface area contributed by atoms with Crippen molar-refractivity contribution in [3.8, 4) is 0 Å². The molecule has 3 saturated heterocycles. The zero-order chi connectivity index (χ0) is 16.5. The molecule has 0 aromatic carbocycles. The van der Waals surface area contributed by atoms with Crippen LogP contribution in [0.2, 0.25) is 0 Å². The molecular formula is C17H28N2O4. The van der Waals surface area contributed by atoms with Crippen LogP contribution in [0.15, 0.2) is 0 Å². The number of amides is 2. The Balaban J connectivity index is 1.61. The van der Waals surface area contributed by atoms with Gasteiger partial charge in [0.25, 0.3) is 0 Å². The molecule has 23 heavy (non-hydrogen) atoms. The van der Waals surface area contributed by atoms with E-state index in [0.29, 0.717) is 39.1 Å². The van der Waals surface area contributed by atoms with Gasteiger partial charge in [-0.15, -0.1) is 0 Å². The first-order valence-corrected chi connectivity index (χ1v) is 8.81. The molecule has 0 unspecified atom stereocenters. The molecule has 3 aliphatic heterocycles. The Hall–Kier alpha value is -1.14. The Morgan fingerprint density at radius 3 is 1.83 bits per heavy atom. The summed E-state index contributed by atoms with van der Waals surface area (Å²) in [6.07, 6.45) is 4.62. The molecule has 2 amide bonds. The molecule has 1 spiro atoms. The molecule has 0 atom stereocenters. The fourth-order valence-electron chi connectivity index (χ4n) is 3.82. The standard InChI is InChI=1S/C17H28N2O4/c1-16(2,14(20)18-8-4-3-5-9-18)15(21)19-10-6-17(7-11-19)22-12-13-23-17/h3-13H2,1-2H3. The quantitative estimate of drug-likeness (QED) is 0.720. The average molecular weight is 324 g/mol. The molecule has 0 saturated carbocycles. The number of hydrogen-bond donors (Lipinski definition) is 0. The van der Waals surface area contributed by atoms with Gasteiger partial charge in [-0.05, 0) is 33.1 Å². The molecule has 6 heteroatoms. The second kappa shape index (κ2) is 6.40. The van der Waals surface area contributed by atoms with Gasteiger partial charge in [-0.2, -0.15) is 0 Å². The van der Waals surface area contributed by atoms with E-state index in [1.54, 1.807) is 18.7 Å². The van der Waals surface area contributed by atoms with E-state index in [-0.39, 0.29) is 11.8 Å². The van der Waals surface area contributed by atoms with Crippen molar-refractivity contribution >= 4 is 11.8 Å². The van der Waals surface area contributed by atoms with Gasteiger partial charge in [0.1, 0.15) is 5.41 Å². The molecular weight excluding hydrogens is 296 g/mol. The summed E-state index contributed by atoms with van der Waals surface area (Å²) in [5, 5.41) is 0. The number of rotatable bonds is 2. The lowest BCUT2D eigenvalue weighted by Gasteiger charge is -2.41. The molecule has 3 fully saturated rings. The minimum Gasteiger partial charge on any atom is -0.347 e. The highest BCUT2D eigenvalue weighted by Crippen LogP contribution is 2.33. The Morgan fingerprint density at radius 1 is 0.826 bits per heavy atom. The van der Waals surface area contributed by atoms with Crippen LogP contribution >= 0.6 is 0 Å². The lowest BCUT2D eigenvalue weighted by atomic mass is 9.87. The molecule has 0 N–H and O–H groups in total. The molecule has 3 rings (SSSR count). The second-order valence-corrected chi connectivity index (χ2v) is 7.38. The molecule has 0 aromatic heterocycles. The number of carbonyl (C=O) groups is 2. The number of hydrogen-bond acceptors (Lipinski definition) is 4. The summed E-state index contributed by atoms with van der Waals surface area (Å²) in [5.41, 5.74) is -0.987. The predicted molar refractivity (Wildman–Crippen MR) is 84.7 cm³/mol. The topological polar surface area (TPSA) is 59.1 Å². The zero-order valence-corrected chi connectivity index (χ0v) is 14.3. The third-order valence-corrected chi connectivity index (χ3v) is 5.34. The van der Waals surface area contributed by atoms with Gasteiger partial charge < -0.3 is 19.3 Å². The van der Waals surface area contributed by atoms with E-state index in [2.05, 4.69) is 0 Å². The normalized spacial score (nSPS) is 25.0. The Bertz CT molecular complexity index is 455. The molecule has 130 valence electrons. The zero-order valence-electron chi connectivity index (χ0n) is 14.3. The van der Waals surface area contributed by atoms with E-state index in [1.807, 2.05) is 4.90 Å². The van der Waals surface area contributed by atoms with Crippen LogP contribution < -0.4 is 0 Å². The van der Waals surface area contributed by atoms with Crippen LogP contribution in [-0.2, 0) is 19.1 Å². The van der Waals surface area contributed by atoms with Gasteiger partial charge in [-0.25, -0.2) is 0 Å². The predicted octanol–water partition coefficient (Wildman–Crippen LogP) is 1.39. The van der Waals surface area contributed by atoms with Gasteiger partial charge >= 0.3 is 0 Å². The van der Waals surface area contributed by atoms with Gasteiger partial charge in [-0.3, -0.25) is 9.59 Å². The van der Waals surface area contributed by atoms with Gasteiger partial charge in [0.2, 0.25) is 11.8 Å². The van der Waals surface area contributed by atoms with Gasteiger partial charge in [0, 0.05) is 39.0 Å². The fraction of sp³-hybridized carbons (Fsp3) is 0.882. The molecule has 0 bridgehead atoms. The van der Waals surface area contributed by atoms with Crippen molar-refractivity contribution in [1.29, 1.82) is 0 Å². The van der Waals surface area contributed by atoms with Crippen LogP contribution in [0.3, 0.4) is 0 Å². The van der Waals surface area contributed by atoms with E-state index in [4.69, 9.17) is 9.47 Å². The Morgan fingerprint density at radius 2 is 1.30 bits per heavy atom. The monoisotopic (exact) mass is 324 g/mol. The van der Waals surface area contributed by atoms with Crippen molar-refractivity contribution in [2.75, 3.05) is 39.4 Å². The van der Waals surface area contributed by atoms with Crippen LogP contribution in [0.5, 0.6) is 0 Å². The highest BCUT2D eigenvalue weighted by Gasteiger charge is 2.46. The summed E-state index contributed by atoms with van der Waals surface area (Å²) in [4.78, 5) is 29.3. The van der Waals surface area contributed by atoms with Crippen molar-refractivity contribution in [3.05, 3.63) is 0 Å². The summed E-state index contributed by atoms with van der Waals surface area (Å²) in [7, 11) is 0. The van der Waals surface area contributed by atoms with Crippen LogP contribution in [0.4, 0.5) is 0 Å². The Labute approximate surface area is 138 Å². The maximum Gasteiger partial charge on any atom is 0.237 e. The van der Waals surface area contributed by atoms with Crippen molar-refractivity contribution in [3.63, 3.8) is 0 Å². The molecule has 0 aliphatic carbocycles. The van der Waals surface area contributed by atoms with Crippen LogP contribution in [0.25, 0.3) is 0 Å². The van der Waals surface area contributed by atoms with Crippen LogP contribution in [-0.4, -0.2) is 66.8 Å². The summed E-state index contributed by atoms with van der Waals surface area (Å²) < 4.78 is 11.4. The first-order chi connectivity index (χ1) is 10.9. The fourth-order valence-corrected chi connectivity index (χ4v) is 3.82. The average Bonchev–Trinajstić information content (AvgIpc) is 3.03. The lowest BCUT2D eigenvalue weighted by molar-refractivity contribution is -0.190. The summed E-state index contributed by atoms with van der Waals surface area (Å²) in [6.45, 7) is 7.53. The third kappa shape index (κ3) is 3.24. The molecule has 0 radical (unpaired) electrons. The summed E-state index contributed by atoms with van der Waals surface area (Å²) in [5.74, 6) is -0.589. The van der Waals surface area contributed by atoms with Crippen LogP contribution in [0, 0.1) is 5.41 Å². The summed E-state index contributed by atoms with van der Waals surface area (Å²) in [6, 6.07) is 0. The number of likely N-dealkylation sites (tertiary alicyclic amines) is 2. The second-order valence-electron chi connectivity index (χ2n) is 7.38. The highest BCUT2D eigenvalue weighted by molar-refractivity contribution is 6.04. The smallest absolute Gasteiger partial charge is 0.237 e. The molecule has 0 aromatic rings. The number of carbonyl (C=O) groups excluding carboxylic acids is 2.